The highest BCUT2D eigenvalue weighted by Crippen LogP contribution is 2.38. The molecule has 1 atom stereocenters. The van der Waals surface area contributed by atoms with E-state index in [1.807, 2.05) is 0 Å². The van der Waals surface area contributed by atoms with E-state index in [1.165, 1.54) is 17.9 Å². The Labute approximate surface area is 210 Å². The molecule has 0 radical (unpaired) electrons. The Kier molecular flexibility index (Phi) is 8.04. The van der Waals surface area contributed by atoms with Crippen molar-refractivity contribution in [3.05, 3.63) is 33.8 Å². The summed E-state index contributed by atoms with van der Waals surface area (Å²) in [5.41, 5.74) is -1.53. The standard InChI is InChI=1S/C22H26ClF3N4O6/c1-21(18(32)30(19(33)27-21)12-36-20(34)35-7-6-28(2)3)5-4-17(31)29-10-13-8-15(22(24,25)26)16(23)9-14(13)11-29/h8-9H,4-7,10-12H2,1-3H3,(H,27,33)/t21-/m1/s1. The van der Waals surface area contributed by atoms with E-state index in [4.69, 9.17) is 21.1 Å². The van der Waals surface area contributed by atoms with Crippen LogP contribution in [-0.4, -0.2) is 78.2 Å². The van der Waals surface area contributed by atoms with Crippen LogP contribution >= 0.6 is 11.6 Å². The molecule has 0 unspecified atom stereocenters. The Bertz CT molecular complexity index is 1070. The highest BCUT2D eigenvalue weighted by atomic mass is 35.5. The fraction of sp³-hybridized carbons (Fsp3) is 0.545. The van der Waals surface area contributed by atoms with Gasteiger partial charge in [0.25, 0.3) is 5.91 Å². The lowest BCUT2D eigenvalue weighted by Crippen LogP contribution is -2.45. The number of likely N-dealkylation sites (N-methyl/N-ethyl adjacent to an activating group) is 1. The molecule has 0 saturated carbocycles. The number of hydrogen-bond acceptors (Lipinski definition) is 7. The van der Waals surface area contributed by atoms with Crippen molar-refractivity contribution in [1.82, 2.24) is 20.0 Å². The summed E-state index contributed by atoms with van der Waals surface area (Å²) in [4.78, 5) is 53.3. The number of hydrogen-bond donors (Lipinski definition) is 1. The smallest absolute Gasteiger partial charge is 0.433 e. The number of benzene rings is 1. The maximum absolute atomic E-state index is 13.1. The van der Waals surface area contributed by atoms with Gasteiger partial charge in [0.2, 0.25) is 5.91 Å². The van der Waals surface area contributed by atoms with Gasteiger partial charge in [-0.05, 0) is 50.7 Å². The summed E-state index contributed by atoms with van der Waals surface area (Å²) >= 11 is 5.76. The number of alkyl halides is 3. The lowest BCUT2D eigenvalue weighted by molar-refractivity contribution is -0.137. The zero-order valence-electron chi connectivity index (χ0n) is 19.9. The average Bonchev–Trinajstić information content (AvgIpc) is 3.27. The van der Waals surface area contributed by atoms with Crippen molar-refractivity contribution in [2.24, 2.45) is 0 Å². The zero-order valence-corrected chi connectivity index (χ0v) is 20.7. The predicted octanol–water partition coefficient (Wildman–Crippen LogP) is 2.96. The fourth-order valence-corrected chi connectivity index (χ4v) is 4.13. The Balaban J connectivity index is 1.53. The van der Waals surface area contributed by atoms with Crippen LogP contribution in [0.4, 0.5) is 22.8 Å². The van der Waals surface area contributed by atoms with Gasteiger partial charge < -0.3 is 24.6 Å². The largest absolute Gasteiger partial charge is 0.510 e. The van der Waals surface area contributed by atoms with Gasteiger partial charge in [0.1, 0.15) is 12.1 Å². The molecule has 198 valence electrons. The van der Waals surface area contributed by atoms with E-state index in [1.54, 1.807) is 19.0 Å². The van der Waals surface area contributed by atoms with E-state index >= 15 is 0 Å². The number of nitrogens with zero attached hydrogens (tertiary/aromatic N) is 3. The van der Waals surface area contributed by atoms with E-state index in [0.29, 0.717) is 22.6 Å². The van der Waals surface area contributed by atoms with E-state index in [-0.39, 0.29) is 32.5 Å². The van der Waals surface area contributed by atoms with Crippen LogP contribution in [0.5, 0.6) is 0 Å². The van der Waals surface area contributed by atoms with E-state index in [9.17, 15) is 32.3 Å². The Morgan fingerprint density at radius 3 is 2.42 bits per heavy atom. The molecule has 2 aliphatic rings. The van der Waals surface area contributed by atoms with Gasteiger partial charge in [-0.1, -0.05) is 11.6 Å². The number of amides is 4. The van der Waals surface area contributed by atoms with Gasteiger partial charge >= 0.3 is 18.4 Å². The average molecular weight is 535 g/mol. The van der Waals surface area contributed by atoms with E-state index < -0.39 is 53.0 Å². The second-order valence-corrected chi connectivity index (χ2v) is 9.43. The van der Waals surface area contributed by atoms with Crippen LogP contribution in [0.1, 0.15) is 36.5 Å². The first kappa shape index (κ1) is 27.5. The minimum atomic E-state index is -4.61. The molecule has 14 heteroatoms. The van der Waals surface area contributed by atoms with E-state index in [0.717, 1.165) is 6.07 Å². The number of halogens is 4. The number of fused-ring (bicyclic) bond motifs is 1. The van der Waals surface area contributed by atoms with Gasteiger partial charge in [0.15, 0.2) is 6.73 Å². The number of rotatable bonds is 8. The molecule has 36 heavy (non-hydrogen) atoms. The normalized spacial score (nSPS) is 19.6. The quantitative estimate of drug-likeness (QED) is 0.403. The Hall–Kier alpha value is -3.06. The maximum Gasteiger partial charge on any atom is 0.510 e. The zero-order chi connectivity index (χ0) is 26.8. The Morgan fingerprint density at radius 2 is 1.81 bits per heavy atom. The summed E-state index contributed by atoms with van der Waals surface area (Å²) in [6.07, 6.45) is -5.87. The molecule has 0 bridgehead atoms. The van der Waals surface area contributed by atoms with Gasteiger partial charge in [-0.2, -0.15) is 13.2 Å². The summed E-state index contributed by atoms with van der Waals surface area (Å²) in [5, 5.41) is 2.05. The van der Waals surface area contributed by atoms with Crippen LogP contribution in [0.2, 0.25) is 5.02 Å². The molecule has 10 nitrogen and oxygen atoms in total. The Morgan fingerprint density at radius 1 is 1.17 bits per heavy atom. The molecule has 1 aromatic rings. The van der Waals surface area contributed by atoms with Crippen molar-refractivity contribution < 1.29 is 41.8 Å². The van der Waals surface area contributed by atoms with E-state index in [2.05, 4.69) is 5.32 Å². The monoisotopic (exact) mass is 534 g/mol. The summed E-state index contributed by atoms with van der Waals surface area (Å²) in [7, 11) is 3.57. The van der Waals surface area contributed by atoms with Crippen LogP contribution in [0.3, 0.4) is 0 Å². The van der Waals surface area contributed by atoms with Crippen LogP contribution < -0.4 is 5.32 Å². The number of ether oxygens (including phenoxy) is 2. The minimum Gasteiger partial charge on any atom is -0.433 e. The number of carbonyl (C=O) groups excluding carboxylic acids is 4. The molecule has 2 aliphatic heterocycles. The van der Waals surface area contributed by atoms with Crippen molar-refractivity contribution in [2.45, 2.75) is 44.6 Å². The van der Waals surface area contributed by atoms with Crippen molar-refractivity contribution in [1.29, 1.82) is 0 Å². The SMILES string of the molecule is CN(C)CCOC(=O)OCN1C(=O)N[C@](C)(CCC(=O)N2Cc3cc(Cl)c(C(F)(F)F)cc3C2)C1=O. The number of urea groups is 1. The molecule has 1 saturated heterocycles. The first-order valence-corrected chi connectivity index (χ1v) is 11.3. The molecule has 2 heterocycles. The molecule has 4 amide bonds. The molecular formula is C22H26ClF3N4O6. The lowest BCUT2D eigenvalue weighted by atomic mass is 9.95. The van der Waals surface area contributed by atoms with Gasteiger partial charge in [-0.15, -0.1) is 0 Å². The third-order valence-electron chi connectivity index (χ3n) is 5.92. The highest BCUT2D eigenvalue weighted by molar-refractivity contribution is 6.31. The number of nitrogens with one attached hydrogen (secondary N) is 1. The molecule has 0 aromatic heterocycles. The van der Waals surface area contributed by atoms with Crippen LogP contribution in [0.15, 0.2) is 12.1 Å². The minimum absolute atomic E-state index is 0.0265. The predicted molar refractivity (Wildman–Crippen MR) is 120 cm³/mol. The molecular weight excluding hydrogens is 509 g/mol. The second-order valence-electron chi connectivity index (χ2n) is 9.02. The van der Waals surface area contributed by atoms with Crippen LogP contribution in [0, 0.1) is 0 Å². The second kappa shape index (κ2) is 10.5. The molecule has 1 N–H and O–H groups in total. The van der Waals surface area contributed by atoms with Crippen molar-refractivity contribution in [2.75, 3.05) is 34.0 Å². The summed E-state index contributed by atoms with van der Waals surface area (Å²) < 4.78 is 49.0. The molecule has 0 aliphatic carbocycles. The maximum atomic E-state index is 13.1. The van der Waals surface area contributed by atoms with Gasteiger partial charge in [-0.3, -0.25) is 9.59 Å². The molecule has 0 spiro atoms. The fourth-order valence-electron chi connectivity index (χ4n) is 3.83. The number of imide groups is 1. The third-order valence-corrected chi connectivity index (χ3v) is 6.24. The summed E-state index contributed by atoms with van der Waals surface area (Å²) in [6.45, 7) is 1.36. The van der Waals surface area contributed by atoms with Crippen molar-refractivity contribution in [3.8, 4) is 0 Å². The lowest BCUT2D eigenvalue weighted by Gasteiger charge is -2.23. The molecule has 1 fully saturated rings. The van der Waals surface area contributed by atoms with Gasteiger partial charge in [0, 0.05) is 26.1 Å². The van der Waals surface area contributed by atoms with Crippen molar-refractivity contribution in [3.63, 3.8) is 0 Å². The van der Waals surface area contributed by atoms with Crippen LogP contribution in [0.25, 0.3) is 0 Å². The number of carbonyl (C=O) groups is 4. The molecule has 3 rings (SSSR count). The summed E-state index contributed by atoms with van der Waals surface area (Å²) in [5.74, 6) is -1.09. The first-order chi connectivity index (χ1) is 16.7. The molecule has 1 aromatic carbocycles. The highest BCUT2D eigenvalue weighted by Gasteiger charge is 2.48. The topological polar surface area (TPSA) is 108 Å². The summed E-state index contributed by atoms with van der Waals surface area (Å²) in [6, 6.07) is 1.35. The van der Waals surface area contributed by atoms with Gasteiger partial charge in [-0.25, -0.2) is 14.5 Å². The first-order valence-electron chi connectivity index (χ1n) is 11.0. The van der Waals surface area contributed by atoms with Gasteiger partial charge in [0.05, 0.1) is 10.6 Å². The van der Waals surface area contributed by atoms with Crippen LogP contribution in [-0.2, 0) is 38.3 Å². The van der Waals surface area contributed by atoms with Crippen molar-refractivity contribution >= 4 is 35.6 Å². The third kappa shape index (κ3) is 6.19.